The number of carbonyl (C=O) groups is 3. The molecular weight excluding hydrogens is 1100 g/mol. The molecule has 16 heteroatoms. The molecule has 0 radical (unpaired) electrons. The van der Waals surface area contributed by atoms with Gasteiger partial charge in [-0.05, 0) is 151 Å². The second-order valence-corrected chi connectivity index (χ2v) is 21.7. The van der Waals surface area contributed by atoms with E-state index >= 15 is 0 Å². The number of nitrogen functional groups attached to an aromatic ring is 3. The van der Waals surface area contributed by atoms with Crippen molar-refractivity contribution in [3.63, 3.8) is 0 Å². The molecule has 0 spiro atoms. The van der Waals surface area contributed by atoms with Gasteiger partial charge < -0.3 is 65.1 Å². The van der Waals surface area contributed by atoms with Crippen molar-refractivity contribution in [2.45, 2.75) is 64.1 Å². The first kappa shape index (κ1) is 61.5. The van der Waals surface area contributed by atoms with Crippen molar-refractivity contribution in [1.82, 2.24) is 0 Å². The number of ether oxygens (including phenoxy) is 7. The summed E-state index contributed by atoms with van der Waals surface area (Å²) in [6, 6.07) is 57.7. The minimum Gasteiger partial charge on any atom is -0.497 e. The smallest absolute Gasteiger partial charge is 0.227 e. The van der Waals surface area contributed by atoms with E-state index in [4.69, 9.17) is 50.4 Å². The van der Waals surface area contributed by atoms with Crippen LogP contribution in [-0.4, -0.2) is 72.4 Å². The van der Waals surface area contributed by atoms with E-state index in [2.05, 4.69) is 0 Å². The molecule has 6 N–H and O–H groups in total. The highest BCUT2D eigenvalue weighted by Gasteiger charge is 2.35. The fraction of sp³-hybridized carbons (Fsp3) is 0.254. The predicted molar refractivity (Wildman–Crippen MR) is 344 cm³/mol. The number of methoxy groups -OCH3 is 4. The number of hydrogen-bond donors (Lipinski definition) is 3. The van der Waals surface area contributed by atoms with Crippen LogP contribution in [-0.2, 0) is 27.6 Å². The zero-order valence-corrected chi connectivity index (χ0v) is 50.2. The molecule has 0 bridgehead atoms. The van der Waals surface area contributed by atoms with Crippen molar-refractivity contribution >= 4 is 51.8 Å². The first-order chi connectivity index (χ1) is 42.2. The Labute approximate surface area is 509 Å². The highest BCUT2D eigenvalue weighted by molar-refractivity contribution is 5.98. The number of amides is 3. The standard InChI is InChI=1S/C25H26N2O4.C24H24N2O3.C22H26N2O3/c1-29-22-9-6-17(7-10-22)16-31-24-12-18(8-11-23(24)30-2)19-13-25(28)27(15-19)21-5-3-4-20(26)14-21;1-28-22-11-10-18(12-23(22)29-16-17-6-3-2-4-7-17)19-13-24(27)26(15-19)21-9-5-8-20(25)14-21;1-15(2)9-10-27-21-11-16(7-8-20(21)26-3)17-12-22(25)24(14-17)19-6-4-5-18(23)13-19/h3-12,14,19H,13,15-16,26H2,1-2H3;2-12,14,19H,13,15-16,25H2,1H3;4-9,11,13,17H,10,12,14,23H2,1-3H3/t19-;;/m0../s1. The minimum atomic E-state index is 0.0724. The molecule has 3 atom stereocenters. The second kappa shape index (κ2) is 29.1. The Morgan fingerprint density at radius 1 is 0.414 bits per heavy atom. The zero-order valence-electron chi connectivity index (χ0n) is 50.2. The van der Waals surface area contributed by atoms with Crippen molar-refractivity contribution in [2.75, 3.05) is 86.6 Å². The van der Waals surface area contributed by atoms with Gasteiger partial charge in [-0.3, -0.25) is 14.4 Å². The van der Waals surface area contributed by atoms with Gasteiger partial charge >= 0.3 is 0 Å². The number of benzene rings is 8. The maximum absolute atomic E-state index is 12.7. The average molecular weight is 1170 g/mol. The third kappa shape index (κ3) is 16.0. The Kier molecular flexibility index (Phi) is 20.6. The Hall–Kier alpha value is -10.1. The molecule has 0 saturated carbocycles. The number of rotatable bonds is 19. The third-order valence-corrected chi connectivity index (χ3v) is 15.4. The average Bonchev–Trinajstić information content (AvgIpc) is 2.72. The summed E-state index contributed by atoms with van der Waals surface area (Å²) in [6.45, 7) is 7.27. The summed E-state index contributed by atoms with van der Waals surface area (Å²) in [7, 11) is 6.52. The summed E-state index contributed by atoms with van der Waals surface area (Å²) in [5, 5.41) is 0. The Morgan fingerprint density at radius 3 is 1.13 bits per heavy atom. The first-order valence-corrected chi connectivity index (χ1v) is 28.9. The van der Waals surface area contributed by atoms with Gasteiger partial charge in [-0.15, -0.1) is 0 Å². The van der Waals surface area contributed by atoms with E-state index in [0.717, 1.165) is 50.6 Å². The number of allylic oxidation sites excluding steroid dienone is 1. The highest BCUT2D eigenvalue weighted by Crippen LogP contribution is 2.41. The van der Waals surface area contributed by atoms with E-state index < -0.39 is 0 Å². The summed E-state index contributed by atoms with van der Waals surface area (Å²) in [5.41, 5.74) is 28.6. The van der Waals surface area contributed by atoms with Gasteiger partial charge in [0, 0.05) is 90.8 Å². The van der Waals surface area contributed by atoms with E-state index in [0.29, 0.717) is 110 Å². The van der Waals surface area contributed by atoms with Crippen LogP contribution in [0.25, 0.3) is 0 Å². The van der Waals surface area contributed by atoms with Gasteiger partial charge in [0.1, 0.15) is 25.6 Å². The molecule has 11 rings (SSSR count). The topological polar surface area (TPSA) is 204 Å². The SMILES string of the molecule is COc1ccc(C2CC(=O)N(c3cccc(N)c3)C2)cc1OCC=C(C)C.COc1ccc(C2CC(=O)N(c3cccc(N)c3)C2)cc1OCc1ccccc1.COc1ccc(COc2cc([C@H]3CC(=O)N(c4cccc(N)c4)C3)ccc2OC)cc1. The molecule has 3 saturated heterocycles. The van der Waals surface area contributed by atoms with E-state index in [1.54, 1.807) is 43.1 Å². The van der Waals surface area contributed by atoms with E-state index in [1.165, 1.54) is 5.57 Å². The van der Waals surface area contributed by atoms with Crippen LogP contribution in [0.15, 0.2) is 194 Å². The van der Waals surface area contributed by atoms with Crippen LogP contribution >= 0.6 is 0 Å². The molecule has 3 aliphatic heterocycles. The minimum absolute atomic E-state index is 0.0724. The van der Waals surface area contributed by atoms with Gasteiger partial charge in [-0.25, -0.2) is 0 Å². The molecule has 3 fully saturated rings. The summed E-state index contributed by atoms with van der Waals surface area (Å²) < 4.78 is 39.5. The summed E-state index contributed by atoms with van der Waals surface area (Å²) in [6.07, 6.45) is 3.39. The van der Waals surface area contributed by atoms with Crippen LogP contribution in [0.2, 0.25) is 0 Å². The first-order valence-electron chi connectivity index (χ1n) is 28.9. The second-order valence-electron chi connectivity index (χ2n) is 21.7. The number of carbonyl (C=O) groups excluding carboxylic acids is 3. The molecule has 8 aromatic rings. The van der Waals surface area contributed by atoms with Gasteiger partial charge in [0.2, 0.25) is 17.7 Å². The lowest BCUT2D eigenvalue weighted by Gasteiger charge is -2.18. The van der Waals surface area contributed by atoms with Crippen molar-refractivity contribution in [2.24, 2.45) is 0 Å². The molecule has 3 amide bonds. The highest BCUT2D eigenvalue weighted by atomic mass is 16.5. The molecule has 450 valence electrons. The summed E-state index contributed by atoms with van der Waals surface area (Å²) >= 11 is 0. The third-order valence-electron chi connectivity index (χ3n) is 15.4. The van der Waals surface area contributed by atoms with Gasteiger partial charge in [-0.1, -0.05) is 84.4 Å². The fourth-order valence-electron chi connectivity index (χ4n) is 10.7. The zero-order chi connectivity index (χ0) is 61.4. The van der Waals surface area contributed by atoms with Crippen molar-refractivity contribution < 1.29 is 47.5 Å². The number of nitrogens with zero attached hydrogens (tertiary/aromatic N) is 3. The lowest BCUT2D eigenvalue weighted by molar-refractivity contribution is -0.118. The maximum Gasteiger partial charge on any atom is 0.227 e. The van der Waals surface area contributed by atoms with E-state index in [9.17, 15) is 14.4 Å². The van der Waals surface area contributed by atoms with Crippen LogP contribution in [0, 0.1) is 0 Å². The molecular formula is C71H76N6O10. The number of nitrogens with two attached hydrogens (primary N) is 3. The molecule has 16 nitrogen and oxygen atoms in total. The molecule has 3 aliphatic rings. The monoisotopic (exact) mass is 1170 g/mol. The lowest BCUT2D eigenvalue weighted by atomic mass is 9.98. The van der Waals surface area contributed by atoms with Crippen LogP contribution in [0.3, 0.4) is 0 Å². The van der Waals surface area contributed by atoms with Gasteiger partial charge in [-0.2, -0.15) is 0 Å². The van der Waals surface area contributed by atoms with Crippen LogP contribution in [0.5, 0.6) is 40.2 Å². The Balaban J connectivity index is 0.000000156. The maximum atomic E-state index is 12.7. The predicted octanol–water partition coefficient (Wildman–Crippen LogP) is 12.9. The van der Waals surface area contributed by atoms with Gasteiger partial charge in [0.15, 0.2) is 34.5 Å². The molecule has 3 heterocycles. The molecule has 8 aromatic carbocycles. The number of hydrogen-bond acceptors (Lipinski definition) is 13. The van der Waals surface area contributed by atoms with E-state index in [-0.39, 0.29) is 35.5 Å². The fourth-order valence-corrected chi connectivity index (χ4v) is 10.7. The molecule has 2 unspecified atom stereocenters. The largest absolute Gasteiger partial charge is 0.497 e. The van der Waals surface area contributed by atoms with E-state index in [1.807, 2.05) is 202 Å². The van der Waals surface area contributed by atoms with Crippen LogP contribution in [0.4, 0.5) is 34.1 Å². The van der Waals surface area contributed by atoms with Gasteiger partial charge in [0.05, 0.1) is 28.4 Å². The normalized spacial score (nSPS) is 16.0. The van der Waals surface area contributed by atoms with Crippen molar-refractivity contribution in [1.29, 1.82) is 0 Å². The van der Waals surface area contributed by atoms with Crippen molar-refractivity contribution in [3.8, 4) is 40.2 Å². The molecule has 0 aromatic heterocycles. The quantitative estimate of drug-likeness (QED) is 0.0510. The Morgan fingerprint density at radius 2 is 0.782 bits per heavy atom. The molecule has 87 heavy (non-hydrogen) atoms. The summed E-state index contributed by atoms with van der Waals surface area (Å²) in [4.78, 5) is 43.2. The molecule has 0 aliphatic carbocycles. The summed E-state index contributed by atoms with van der Waals surface area (Å²) in [5.74, 6) is 5.45. The Bertz CT molecular complexity index is 3680. The lowest BCUT2D eigenvalue weighted by Crippen LogP contribution is -2.24. The van der Waals surface area contributed by atoms with Crippen LogP contribution < -0.4 is 65.1 Å². The number of anilines is 6. The van der Waals surface area contributed by atoms with Crippen LogP contribution in [0.1, 0.15) is 78.7 Å². The van der Waals surface area contributed by atoms with Gasteiger partial charge in [0.25, 0.3) is 0 Å². The van der Waals surface area contributed by atoms with Crippen molar-refractivity contribution in [3.05, 3.63) is 221 Å².